The highest BCUT2D eigenvalue weighted by Gasteiger charge is 2.48. The van der Waals surface area contributed by atoms with Gasteiger partial charge in [0.25, 0.3) is 11.8 Å². The lowest BCUT2D eigenvalue weighted by molar-refractivity contribution is -0.142. The van der Waals surface area contributed by atoms with Crippen molar-refractivity contribution < 1.29 is 76.9 Å². The number of hydrogen-bond donors (Lipinski definition) is 4. The second kappa shape index (κ2) is 35.0. The molecular weight excluding hydrogens is 1390 g/mol. The van der Waals surface area contributed by atoms with Crippen molar-refractivity contribution in [2.75, 3.05) is 131 Å². The average Bonchev–Trinajstić information content (AvgIpc) is 1.76. The number of carbonyl (C=O) groups is 4. The van der Waals surface area contributed by atoms with Crippen LogP contribution in [0, 0.1) is 0 Å². The Morgan fingerprint density at radius 1 is 0.535 bits per heavy atom. The van der Waals surface area contributed by atoms with Gasteiger partial charge >= 0.3 is 18.3 Å². The lowest BCUT2D eigenvalue weighted by Crippen LogP contribution is -2.65. The Morgan fingerprint density at radius 2 is 0.909 bits per heavy atom. The maximum absolute atomic E-state index is 13.6. The number of alkyl halides is 6. The number of nitrogens with zero attached hydrogens (tertiary/aromatic N) is 9. The molecule has 12 rings (SSSR count). The second-order valence-corrected chi connectivity index (χ2v) is 29.8. The molecule has 0 radical (unpaired) electrons. The Kier molecular flexibility index (Phi) is 27.9. The summed E-state index contributed by atoms with van der Waals surface area (Å²) in [5.41, 5.74) is -1.39. The molecule has 2 aromatic carbocycles. The Hall–Kier alpha value is -5.68. The van der Waals surface area contributed by atoms with Crippen LogP contribution in [0.25, 0.3) is 0 Å². The van der Waals surface area contributed by atoms with E-state index in [1.165, 1.54) is 50.9 Å². The fourth-order valence-corrected chi connectivity index (χ4v) is 17.3. The van der Waals surface area contributed by atoms with Gasteiger partial charge in [0.15, 0.2) is 0 Å². The maximum atomic E-state index is 13.6. The van der Waals surface area contributed by atoms with E-state index < -0.39 is 71.9 Å². The van der Waals surface area contributed by atoms with E-state index in [4.69, 9.17) is 14.6 Å². The van der Waals surface area contributed by atoms with E-state index in [0.29, 0.717) is 75.3 Å². The lowest BCUT2D eigenvalue weighted by Gasteiger charge is -2.51. The molecular formula is C66H90Cl2F6N12O11S2. The number of benzene rings is 2. The number of carboxylic acid groups (broad SMARTS) is 1. The molecule has 0 spiro atoms. The number of likely N-dealkylation sites (tertiary alicyclic amines) is 1. The van der Waals surface area contributed by atoms with Gasteiger partial charge in [0.2, 0.25) is 26.0 Å². The molecule has 33 heteroatoms. The predicted octanol–water partition coefficient (Wildman–Crippen LogP) is 6.36. The third kappa shape index (κ3) is 21.2. The van der Waals surface area contributed by atoms with Crippen LogP contribution in [0.5, 0.6) is 0 Å². The number of amides is 3. The first-order valence-electron chi connectivity index (χ1n) is 33.5. The molecule has 4 aliphatic heterocycles. The number of nitrogens with one attached hydrogen (secondary N) is 3. The molecule has 4 aliphatic carbocycles. The number of piperidine rings is 2. The number of rotatable bonds is 26. The molecule has 4 saturated carbocycles. The molecule has 4 N–H and O–H groups in total. The highest BCUT2D eigenvalue weighted by Crippen LogP contribution is 2.41. The molecule has 548 valence electrons. The zero-order valence-corrected chi connectivity index (χ0v) is 58.4. The van der Waals surface area contributed by atoms with Crippen molar-refractivity contribution >= 4 is 68.6 Å². The van der Waals surface area contributed by atoms with E-state index in [9.17, 15) is 62.4 Å². The smallest absolute Gasteiger partial charge is 0.417 e. The van der Waals surface area contributed by atoms with Crippen molar-refractivity contribution in [2.24, 2.45) is 0 Å². The summed E-state index contributed by atoms with van der Waals surface area (Å²) >= 11 is 0. The molecule has 4 saturated heterocycles. The second-order valence-electron chi connectivity index (χ2n) is 26.1. The van der Waals surface area contributed by atoms with Crippen molar-refractivity contribution in [1.82, 2.24) is 59.0 Å². The lowest BCUT2D eigenvalue weighted by atomic mass is 9.84. The molecule has 8 fully saturated rings. The number of hydrogen-bond acceptors (Lipinski definition) is 17. The minimum Gasteiger partial charge on any atom is -0.480 e. The Labute approximate surface area is 587 Å². The van der Waals surface area contributed by atoms with Crippen LogP contribution in [-0.2, 0) is 51.5 Å². The quantitative estimate of drug-likeness (QED) is 0.0394. The van der Waals surface area contributed by atoms with Gasteiger partial charge in [-0.1, -0.05) is 24.3 Å². The number of carboxylic acids is 1. The molecule has 3 amide bonds. The van der Waals surface area contributed by atoms with Crippen LogP contribution in [-0.4, -0.2) is 255 Å². The Bertz CT molecular complexity index is 3520. The number of sulfonamides is 2. The van der Waals surface area contributed by atoms with Gasteiger partial charge in [0.1, 0.15) is 13.2 Å². The first kappa shape index (κ1) is 79.0. The minimum atomic E-state index is -4.82. The van der Waals surface area contributed by atoms with Crippen LogP contribution in [0.1, 0.15) is 109 Å². The fourth-order valence-electron chi connectivity index (χ4n) is 13.5. The van der Waals surface area contributed by atoms with Gasteiger partial charge < -0.3 is 35.4 Å². The normalized spacial score (nSPS) is 20.2. The maximum Gasteiger partial charge on any atom is 0.417 e. The molecule has 6 heterocycles. The number of carbonyl (C=O) groups excluding carboxylic acids is 3. The van der Waals surface area contributed by atoms with Crippen LogP contribution >= 0.6 is 24.8 Å². The summed E-state index contributed by atoms with van der Waals surface area (Å²) < 4.78 is 145. The van der Waals surface area contributed by atoms with E-state index in [0.717, 1.165) is 123 Å². The monoisotopic (exact) mass is 1470 g/mol. The molecule has 0 bridgehead atoms. The zero-order chi connectivity index (χ0) is 69.0. The Morgan fingerprint density at radius 3 is 1.27 bits per heavy atom. The molecule has 2 aromatic heterocycles. The van der Waals surface area contributed by atoms with Crippen LogP contribution < -0.4 is 16.0 Å². The van der Waals surface area contributed by atoms with E-state index in [-0.39, 0.29) is 92.6 Å². The highest BCUT2D eigenvalue weighted by molar-refractivity contribution is 7.89. The van der Waals surface area contributed by atoms with Gasteiger partial charge in [-0.3, -0.25) is 44.0 Å². The summed E-state index contributed by atoms with van der Waals surface area (Å²) in [6.45, 7) is 11.0. The van der Waals surface area contributed by atoms with Crippen molar-refractivity contribution in [3.8, 4) is 0 Å². The first-order valence-corrected chi connectivity index (χ1v) is 36.3. The first-order chi connectivity index (χ1) is 46.4. The van der Waals surface area contributed by atoms with E-state index in [1.807, 2.05) is 0 Å². The summed E-state index contributed by atoms with van der Waals surface area (Å²) in [6.07, 6.45) is 7.96. The van der Waals surface area contributed by atoms with Crippen molar-refractivity contribution in [1.29, 1.82) is 0 Å². The van der Waals surface area contributed by atoms with Crippen LogP contribution in [0.3, 0.4) is 0 Å². The molecule has 0 atom stereocenters. The summed E-state index contributed by atoms with van der Waals surface area (Å²) in [5, 5.41) is 18.3. The molecule has 99 heavy (non-hydrogen) atoms. The number of pyridine rings is 2. The third-order valence-corrected chi connectivity index (χ3v) is 23.6. The van der Waals surface area contributed by atoms with E-state index in [2.05, 4.69) is 45.5 Å². The summed E-state index contributed by atoms with van der Waals surface area (Å²) in [5.74, 6) is -1.59. The molecule has 23 nitrogen and oxygen atoms in total. The van der Waals surface area contributed by atoms with Gasteiger partial charge in [-0.25, -0.2) is 21.6 Å². The van der Waals surface area contributed by atoms with Gasteiger partial charge in [0.05, 0.1) is 34.1 Å². The van der Waals surface area contributed by atoms with E-state index >= 15 is 0 Å². The topological polar surface area (TPSA) is 260 Å². The predicted molar refractivity (Wildman–Crippen MR) is 359 cm³/mol. The van der Waals surface area contributed by atoms with Crippen LogP contribution in [0.2, 0.25) is 0 Å². The van der Waals surface area contributed by atoms with Gasteiger partial charge in [0, 0.05) is 163 Å². The average molecular weight is 1480 g/mol. The largest absolute Gasteiger partial charge is 0.480 e. The zero-order valence-electron chi connectivity index (χ0n) is 55.1. The van der Waals surface area contributed by atoms with Crippen molar-refractivity contribution in [3.05, 3.63) is 120 Å². The SMILES string of the molecule is Cl.Cl.O=C(NCC1(N2CCN(C3CC3)CC2)CCN(C(=O)COCCN(C2CC2)S(=O)(=O)c2ccccc2C(F)(F)F)CC1)c1ccncc1.O=C(NCC1(N2CCN(C3CC3)CC2)CCNCC1)c1ccncc1.O=C(O)COCCN(C1CC1)S(=O)(=O)c1ccccc1C(F)(F)F. The summed E-state index contributed by atoms with van der Waals surface area (Å²) in [7, 11) is -8.80. The minimum absolute atomic E-state index is 0. The van der Waals surface area contributed by atoms with Crippen LogP contribution in [0.4, 0.5) is 26.3 Å². The molecule has 8 aliphatic rings. The van der Waals surface area contributed by atoms with Crippen LogP contribution in [0.15, 0.2) is 107 Å². The molecule has 0 unspecified atom stereocenters. The Balaban J connectivity index is 0.000000206. The van der Waals surface area contributed by atoms with Gasteiger partial charge in [-0.2, -0.15) is 35.0 Å². The summed E-state index contributed by atoms with van der Waals surface area (Å²) in [4.78, 5) is 67.4. The fraction of sp³-hybridized carbons (Fsp3) is 0.606. The van der Waals surface area contributed by atoms with Gasteiger partial charge in [-0.15, -0.1) is 24.8 Å². The number of halogens is 8. The molecule has 4 aromatic rings. The standard InChI is InChI=1S/C33H43F3N6O5S.C19H29N5O.C14H16F3NO5S.2ClH/c34-33(35,36)28-3-1-2-4-29(28)48(45,46)42(27-7-8-27)21-22-47-23-30(43)40-15-11-32(12-16-40,24-38-31(44)25-9-13-37-14-10-25)41-19-17-39(18-20-41)26-5-6-26;25-18(16-3-7-20-8-4-16)22-15-19(5-9-21-10-6-19)24-13-11-23(12-14-24)17-1-2-17;15-14(16,17)11-3-1-2-4-12(11)24(21,22)18(10-5-6-10)7-8-23-9-13(19)20;;/h1-4,9-10,13-14,26-27H,5-8,11-12,15-24H2,(H,38,44);3-4,7-8,17,21H,1-2,5-6,9-15H2,(H,22,25);1-4,10H,5-9H2,(H,19,20);2*1H. The van der Waals surface area contributed by atoms with Crippen molar-refractivity contribution in [2.45, 2.75) is 134 Å². The number of aliphatic carboxylic acids is 1. The number of ether oxygens (including phenoxy) is 2. The van der Waals surface area contributed by atoms with Crippen molar-refractivity contribution in [3.63, 3.8) is 0 Å². The van der Waals surface area contributed by atoms with E-state index in [1.54, 1.807) is 54.0 Å². The number of aromatic nitrogens is 2. The number of piperazine rings is 2. The highest BCUT2D eigenvalue weighted by atomic mass is 35.5. The van der Waals surface area contributed by atoms with Gasteiger partial charge in [-0.05, 0) is 139 Å². The summed E-state index contributed by atoms with van der Waals surface area (Å²) in [6, 6.07) is 15.9. The third-order valence-electron chi connectivity index (χ3n) is 19.5.